The Kier molecular flexibility index (Phi) is 11.2. The van der Waals surface area contributed by atoms with Gasteiger partial charge in [-0.2, -0.15) is 13.5 Å². The first-order valence-corrected chi connectivity index (χ1v) is 18.8. The van der Waals surface area contributed by atoms with E-state index in [4.69, 9.17) is 14.7 Å². The fourth-order valence-electron chi connectivity index (χ4n) is 6.19. The number of nitrogens with zero attached hydrogens (tertiary/aromatic N) is 7. The van der Waals surface area contributed by atoms with Crippen LogP contribution in [0.2, 0.25) is 0 Å². The lowest BCUT2D eigenvalue weighted by molar-refractivity contribution is 0.140. The average Bonchev–Trinajstić information content (AvgIpc) is 3.63. The van der Waals surface area contributed by atoms with Crippen LogP contribution in [0.5, 0.6) is 5.75 Å². The highest BCUT2D eigenvalue weighted by Gasteiger charge is 2.29. The van der Waals surface area contributed by atoms with Crippen molar-refractivity contribution in [2.75, 3.05) is 17.8 Å². The minimum Gasteiger partial charge on any atom is -0.489 e. The van der Waals surface area contributed by atoms with Crippen molar-refractivity contribution < 1.29 is 22.1 Å². The molecular weight excluding hydrogens is 648 g/mol. The minimum atomic E-state index is -3.55. The first-order chi connectivity index (χ1) is 23.1. The number of amides is 2. The molecule has 0 bridgehead atoms. The van der Waals surface area contributed by atoms with E-state index in [0.29, 0.717) is 23.5 Å². The van der Waals surface area contributed by atoms with Crippen LogP contribution in [0.4, 0.5) is 16.4 Å². The van der Waals surface area contributed by atoms with E-state index in [9.17, 15) is 13.2 Å². The van der Waals surface area contributed by atoms with Crippen LogP contribution in [0.3, 0.4) is 0 Å². The van der Waals surface area contributed by atoms with E-state index in [1.807, 2.05) is 43.5 Å². The summed E-state index contributed by atoms with van der Waals surface area (Å²) in [6.45, 7) is 10.6. The molecule has 2 amide bonds. The lowest BCUT2D eigenvalue weighted by Gasteiger charge is -2.39. The van der Waals surface area contributed by atoms with Crippen molar-refractivity contribution in [3.05, 3.63) is 42.5 Å². The monoisotopic (exact) mass is 698 g/mol. The molecule has 16 heteroatoms. The number of carbonyl (C=O) groups excluding carboxylic acids is 1. The average molecular weight is 699 g/mol. The fourth-order valence-corrected chi connectivity index (χ4v) is 6.57. The third-order valence-corrected chi connectivity index (χ3v) is 9.58. The lowest BCUT2D eigenvalue weighted by Crippen LogP contribution is -2.46. The van der Waals surface area contributed by atoms with Crippen molar-refractivity contribution in [1.29, 1.82) is 0 Å². The fraction of sp³-hybridized carbons (Fsp3) is 0.606. The Bertz CT molecular complexity index is 1760. The summed E-state index contributed by atoms with van der Waals surface area (Å²) in [6, 6.07) is 4.27. The molecule has 1 aliphatic carbocycles. The molecule has 0 radical (unpaired) electrons. The van der Waals surface area contributed by atoms with Gasteiger partial charge in [0.1, 0.15) is 17.3 Å². The molecule has 1 aliphatic heterocycles. The molecule has 2 aliphatic rings. The van der Waals surface area contributed by atoms with Gasteiger partial charge < -0.3 is 20.7 Å². The SMILES string of the molecule is C[C@@H]1CCC[C@H](C)N1c1nnc2ccc(OC3CCC(NC(=O)NC(C=C(N)C(C)(C)C)=Nc4cnn(CCOS(C)(=O)=O)c4)CC3)cn12. The van der Waals surface area contributed by atoms with Crippen LogP contribution in [0.25, 0.3) is 5.65 Å². The second-order valence-electron chi connectivity index (χ2n) is 14.2. The standard InChI is InChI=1S/C33H50N10O5S/c1-22-8-7-9-23(2)43(22)32-40-39-30-15-14-27(21-42(30)32)48-26-12-10-24(11-13-26)37-31(44)38-29(18-28(34)33(3,4)5)36-25-19-35-41(20-25)16-17-47-49(6,45)46/h14-15,18-24,26H,7-13,16-17,34H2,1-6H3,(H2,36,37,38,44)/t22-,23+,24?,26?. The maximum atomic E-state index is 13.1. The Morgan fingerprint density at radius 1 is 1.08 bits per heavy atom. The number of nitrogens with one attached hydrogen (secondary N) is 2. The molecule has 2 atom stereocenters. The highest BCUT2D eigenvalue weighted by molar-refractivity contribution is 7.85. The van der Waals surface area contributed by atoms with Gasteiger partial charge in [-0.05, 0) is 70.9 Å². The number of amidine groups is 1. The number of aliphatic imine (C=N–C) groups is 1. The second-order valence-corrected chi connectivity index (χ2v) is 15.8. The van der Waals surface area contributed by atoms with E-state index in [1.165, 1.54) is 17.3 Å². The van der Waals surface area contributed by atoms with Crippen LogP contribution in [0.1, 0.15) is 79.6 Å². The topological polar surface area (TPSA) is 183 Å². The van der Waals surface area contributed by atoms with Crippen molar-refractivity contribution in [1.82, 2.24) is 35.0 Å². The zero-order valence-electron chi connectivity index (χ0n) is 29.3. The molecular formula is C33H50N10O5S. The Hall–Kier alpha value is -4.18. The number of aromatic nitrogens is 5. The number of carbonyl (C=O) groups is 1. The summed E-state index contributed by atoms with van der Waals surface area (Å²) in [5.74, 6) is 1.88. The van der Waals surface area contributed by atoms with E-state index < -0.39 is 10.1 Å². The van der Waals surface area contributed by atoms with E-state index >= 15 is 0 Å². The highest BCUT2D eigenvalue weighted by Crippen LogP contribution is 2.30. The summed E-state index contributed by atoms with van der Waals surface area (Å²) in [6.07, 6.45) is 14.4. The van der Waals surface area contributed by atoms with Gasteiger partial charge in [0.25, 0.3) is 10.1 Å². The summed E-state index contributed by atoms with van der Waals surface area (Å²) >= 11 is 0. The number of pyridine rings is 1. The third-order valence-electron chi connectivity index (χ3n) is 8.98. The van der Waals surface area contributed by atoms with Gasteiger partial charge in [-0.3, -0.25) is 18.6 Å². The number of hydrogen-bond acceptors (Lipinski definition) is 11. The predicted octanol–water partition coefficient (Wildman–Crippen LogP) is 4.28. The van der Waals surface area contributed by atoms with Crippen molar-refractivity contribution in [3.8, 4) is 5.75 Å². The Morgan fingerprint density at radius 3 is 2.47 bits per heavy atom. The zero-order chi connectivity index (χ0) is 35.3. The molecule has 0 spiro atoms. The molecule has 4 N–H and O–H groups in total. The van der Waals surface area contributed by atoms with Crippen molar-refractivity contribution in [3.63, 3.8) is 0 Å². The van der Waals surface area contributed by atoms with Crippen LogP contribution in [-0.2, 0) is 20.8 Å². The Labute approximate surface area is 288 Å². The van der Waals surface area contributed by atoms with E-state index in [0.717, 1.165) is 62.1 Å². The predicted molar refractivity (Wildman–Crippen MR) is 188 cm³/mol. The molecule has 1 saturated heterocycles. The molecule has 0 unspecified atom stereocenters. The number of fused-ring (bicyclic) bond motifs is 1. The first-order valence-electron chi connectivity index (χ1n) is 16.9. The smallest absolute Gasteiger partial charge is 0.320 e. The molecule has 3 aromatic heterocycles. The number of anilines is 1. The van der Waals surface area contributed by atoms with E-state index in [-0.39, 0.29) is 42.6 Å². The van der Waals surface area contributed by atoms with Crippen LogP contribution >= 0.6 is 0 Å². The van der Waals surface area contributed by atoms with Gasteiger partial charge in [0.05, 0.1) is 44.1 Å². The molecule has 15 nitrogen and oxygen atoms in total. The molecule has 49 heavy (non-hydrogen) atoms. The summed E-state index contributed by atoms with van der Waals surface area (Å²) in [7, 11) is -3.55. The number of piperidine rings is 1. The van der Waals surface area contributed by atoms with E-state index in [1.54, 1.807) is 12.3 Å². The summed E-state index contributed by atoms with van der Waals surface area (Å²) < 4.78 is 37.2. The molecule has 2 fully saturated rings. The number of allylic oxidation sites excluding steroid dienone is 1. The Balaban J connectivity index is 1.17. The molecule has 4 heterocycles. The van der Waals surface area contributed by atoms with Crippen molar-refractivity contribution in [2.24, 2.45) is 16.1 Å². The largest absolute Gasteiger partial charge is 0.489 e. The lowest BCUT2D eigenvalue weighted by atomic mass is 9.92. The van der Waals surface area contributed by atoms with Crippen molar-refractivity contribution >= 4 is 39.3 Å². The van der Waals surface area contributed by atoms with Crippen LogP contribution in [-0.4, -0.2) is 81.8 Å². The summed E-state index contributed by atoms with van der Waals surface area (Å²) in [5, 5.41) is 19.1. The maximum Gasteiger partial charge on any atom is 0.320 e. The molecule has 0 aromatic carbocycles. The molecule has 1 saturated carbocycles. The van der Waals surface area contributed by atoms with Gasteiger partial charge in [-0.25, -0.2) is 9.79 Å². The number of ether oxygens (including phenoxy) is 1. The van der Waals surface area contributed by atoms with Crippen LogP contribution in [0, 0.1) is 5.41 Å². The van der Waals surface area contributed by atoms with Crippen LogP contribution in [0.15, 0.2) is 47.5 Å². The quantitative estimate of drug-likeness (QED) is 0.157. The summed E-state index contributed by atoms with van der Waals surface area (Å²) in [4.78, 5) is 20.1. The molecule has 5 rings (SSSR count). The number of rotatable bonds is 10. The van der Waals surface area contributed by atoms with Gasteiger partial charge >= 0.3 is 6.03 Å². The third kappa shape index (κ3) is 9.94. The number of urea groups is 1. The number of nitrogens with two attached hydrogens (primary N) is 1. The number of hydrogen-bond donors (Lipinski definition) is 3. The van der Waals surface area contributed by atoms with E-state index in [2.05, 4.69) is 49.7 Å². The first kappa shape index (κ1) is 36.1. The van der Waals surface area contributed by atoms with Gasteiger partial charge in [-0.15, -0.1) is 10.2 Å². The van der Waals surface area contributed by atoms with Gasteiger partial charge in [-0.1, -0.05) is 20.8 Å². The highest BCUT2D eigenvalue weighted by atomic mass is 32.2. The Morgan fingerprint density at radius 2 is 1.80 bits per heavy atom. The second kappa shape index (κ2) is 15.2. The van der Waals surface area contributed by atoms with Gasteiger partial charge in [0.2, 0.25) is 5.95 Å². The van der Waals surface area contributed by atoms with Crippen LogP contribution < -0.4 is 26.0 Å². The van der Waals surface area contributed by atoms with Crippen molar-refractivity contribution in [2.45, 2.75) is 110 Å². The molecule has 3 aromatic rings. The van der Waals surface area contributed by atoms with Gasteiger partial charge in [0.15, 0.2) is 5.65 Å². The molecule has 268 valence electrons. The zero-order valence-corrected chi connectivity index (χ0v) is 30.1. The van der Waals surface area contributed by atoms with Gasteiger partial charge in [0, 0.05) is 35.3 Å². The normalized spacial score (nSPS) is 22.7. The maximum absolute atomic E-state index is 13.1. The minimum absolute atomic E-state index is 0.0253. The summed E-state index contributed by atoms with van der Waals surface area (Å²) in [5.41, 5.74) is 7.77.